The van der Waals surface area contributed by atoms with E-state index < -0.39 is 5.54 Å². The molecule has 2 amide bonds. The fraction of sp³-hybridized carbons (Fsp3) is 0.333. The highest BCUT2D eigenvalue weighted by Crippen LogP contribution is 2.26. The Hall–Kier alpha value is -3.16. The Kier molecular flexibility index (Phi) is 7.81. The number of hydrogen-bond acceptors (Lipinski definition) is 5. The first-order valence-electron chi connectivity index (χ1n) is 11.9. The van der Waals surface area contributed by atoms with Crippen LogP contribution in [0.3, 0.4) is 0 Å². The summed E-state index contributed by atoms with van der Waals surface area (Å²) in [5.41, 5.74) is 0.717. The number of amides is 2. The number of hydrazone groups is 1. The van der Waals surface area contributed by atoms with Crippen LogP contribution in [0.15, 0.2) is 71.3 Å². The Morgan fingerprint density at radius 2 is 1.83 bits per heavy atom. The minimum atomic E-state index is -0.791. The van der Waals surface area contributed by atoms with Crippen LogP contribution < -0.4 is 0 Å². The van der Waals surface area contributed by atoms with Gasteiger partial charge in [-0.25, -0.2) is 4.99 Å². The standard InChI is InChI=1S/C27H29Cl2N5O2/c1-4-23-16-30-24(31-34(23)17-19-8-6-10-21(28)14-19)26(36)33-13-12-32(18-27(33,3)5-2)25(35)20-9-7-11-22(29)15-20/h5-11,14-16,23H,2,4,12-13,17-18H2,1,3H3. The Labute approximate surface area is 221 Å². The van der Waals surface area contributed by atoms with Crippen LogP contribution in [0.5, 0.6) is 0 Å². The normalized spacial score (nSPS) is 21.8. The molecule has 9 heteroatoms. The van der Waals surface area contributed by atoms with Gasteiger partial charge >= 0.3 is 0 Å². The maximum atomic E-state index is 13.6. The summed E-state index contributed by atoms with van der Waals surface area (Å²) >= 11 is 12.2. The van der Waals surface area contributed by atoms with Gasteiger partial charge in [0, 0.05) is 41.5 Å². The van der Waals surface area contributed by atoms with Gasteiger partial charge in [0.25, 0.3) is 11.8 Å². The second kappa shape index (κ2) is 10.8. The van der Waals surface area contributed by atoms with E-state index in [9.17, 15) is 9.59 Å². The van der Waals surface area contributed by atoms with Crippen LogP contribution >= 0.6 is 23.2 Å². The van der Waals surface area contributed by atoms with Crippen molar-refractivity contribution in [2.24, 2.45) is 10.1 Å². The summed E-state index contributed by atoms with van der Waals surface area (Å²) in [6, 6.07) is 14.4. The molecule has 0 aliphatic carbocycles. The molecule has 4 rings (SSSR count). The number of halogens is 2. The Balaban J connectivity index is 1.53. The molecular formula is C27H29Cl2N5O2. The van der Waals surface area contributed by atoms with Crippen molar-refractivity contribution in [2.75, 3.05) is 19.6 Å². The van der Waals surface area contributed by atoms with E-state index in [1.165, 1.54) is 0 Å². The highest BCUT2D eigenvalue weighted by atomic mass is 35.5. The van der Waals surface area contributed by atoms with Crippen molar-refractivity contribution in [3.05, 3.63) is 82.4 Å². The van der Waals surface area contributed by atoms with Crippen molar-refractivity contribution < 1.29 is 9.59 Å². The SMILES string of the molecule is C=CC1(C)CN(C(=O)c2cccc(Cl)c2)CCN1C(=O)C1=NN(Cc2cccc(Cl)c2)C(CC)C=N1. The minimum absolute atomic E-state index is 0.0292. The van der Waals surface area contributed by atoms with Crippen LogP contribution in [0.1, 0.15) is 36.2 Å². The summed E-state index contributed by atoms with van der Waals surface area (Å²) < 4.78 is 0. The van der Waals surface area contributed by atoms with E-state index in [4.69, 9.17) is 23.2 Å². The Morgan fingerprint density at radius 3 is 2.50 bits per heavy atom. The molecule has 2 aromatic carbocycles. The average Bonchev–Trinajstić information content (AvgIpc) is 2.87. The maximum Gasteiger partial charge on any atom is 0.294 e. The van der Waals surface area contributed by atoms with Gasteiger partial charge in [-0.15, -0.1) is 6.58 Å². The van der Waals surface area contributed by atoms with E-state index >= 15 is 0 Å². The monoisotopic (exact) mass is 525 g/mol. The molecule has 1 fully saturated rings. The molecule has 7 nitrogen and oxygen atoms in total. The van der Waals surface area contributed by atoms with Crippen LogP contribution in [0.4, 0.5) is 0 Å². The number of aliphatic imine (C=N–C) groups is 1. The van der Waals surface area contributed by atoms with Crippen molar-refractivity contribution in [3.8, 4) is 0 Å². The number of carbonyl (C=O) groups is 2. The van der Waals surface area contributed by atoms with Crippen LogP contribution in [-0.4, -0.2) is 69.9 Å². The lowest BCUT2D eigenvalue weighted by Crippen LogP contribution is -2.63. The average molecular weight is 526 g/mol. The van der Waals surface area contributed by atoms with Crippen molar-refractivity contribution >= 4 is 47.1 Å². The third kappa shape index (κ3) is 5.47. The number of carbonyl (C=O) groups excluding carboxylic acids is 2. The van der Waals surface area contributed by atoms with Gasteiger partial charge in [0.2, 0.25) is 5.84 Å². The Morgan fingerprint density at radius 1 is 1.11 bits per heavy atom. The summed E-state index contributed by atoms with van der Waals surface area (Å²) in [4.78, 5) is 34.6. The fourth-order valence-corrected chi connectivity index (χ4v) is 4.88. The highest BCUT2D eigenvalue weighted by molar-refractivity contribution is 6.39. The molecule has 36 heavy (non-hydrogen) atoms. The molecular weight excluding hydrogens is 497 g/mol. The van der Waals surface area contributed by atoms with Crippen molar-refractivity contribution in [2.45, 2.75) is 38.4 Å². The predicted molar refractivity (Wildman–Crippen MR) is 145 cm³/mol. The number of piperazine rings is 1. The first kappa shape index (κ1) is 25.9. The second-order valence-corrected chi connectivity index (χ2v) is 10.0. The number of rotatable bonds is 6. The summed E-state index contributed by atoms with van der Waals surface area (Å²) in [5.74, 6) is -0.317. The van der Waals surface area contributed by atoms with Gasteiger partial charge in [-0.05, 0) is 49.2 Å². The fourth-order valence-electron chi connectivity index (χ4n) is 4.48. The van der Waals surface area contributed by atoms with Crippen molar-refractivity contribution in [3.63, 3.8) is 0 Å². The third-order valence-corrected chi connectivity index (χ3v) is 7.05. The van der Waals surface area contributed by atoms with Crippen LogP contribution in [-0.2, 0) is 11.3 Å². The zero-order valence-corrected chi connectivity index (χ0v) is 21.9. The van der Waals surface area contributed by atoms with E-state index in [-0.39, 0.29) is 23.7 Å². The van der Waals surface area contributed by atoms with E-state index in [1.807, 2.05) is 36.2 Å². The number of hydrogen-bond donors (Lipinski definition) is 0. The number of benzene rings is 2. The molecule has 0 bridgehead atoms. The molecule has 2 aliphatic rings. The van der Waals surface area contributed by atoms with Gasteiger partial charge in [0.15, 0.2) is 0 Å². The van der Waals surface area contributed by atoms with Crippen LogP contribution in [0.2, 0.25) is 10.0 Å². The van der Waals surface area contributed by atoms with Gasteiger partial charge in [0.1, 0.15) is 0 Å². The van der Waals surface area contributed by atoms with Crippen molar-refractivity contribution in [1.82, 2.24) is 14.8 Å². The summed E-state index contributed by atoms with van der Waals surface area (Å²) in [6.45, 7) is 9.41. The molecule has 0 saturated carbocycles. The molecule has 0 spiro atoms. The summed E-state index contributed by atoms with van der Waals surface area (Å²) in [6.07, 6.45) is 4.27. The largest absolute Gasteiger partial charge is 0.334 e. The van der Waals surface area contributed by atoms with E-state index in [0.717, 1.165) is 12.0 Å². The third-order valence-electron chi connectivity index (χ3n) is 6.58. The van der Waals surface area contributed by atoms with Gasteiger partial charge in [-0.1, -0.05) is 54.4 Å². The quantitative estimate of drug-likeness (QED) is 0.503. The molecule has 2 unspecified atom stereocenters. The lowest BCUT2D eigenvalue weighted by Gasteiger charge is -2.47. The molecule has 0 N–H and O–H groups in total. The topological polar surface area (TPSA) is 68.6 Å². The molecule has 0 aromatic heterocycles. The number of amidine groups is 1. The first-order chi connectivity index (χ1) is 17.2. The predicted octanol–water partition coefficient (Wildman–Crippen LogP) is 4.90. The Bertz CT molecular complexity index is 1230. The van der Waals surface area contributed by atoms with Gasteiger partial charge in [0.05, 0.1) is 18.1 Å². The highest BCUT2D eigenvalue weighted by Gasteiger charge is 2.42. The maximum absolute atomic E-state index is 13.6. The van der Waals surface area contributed by atoms with E-state index in [2.05, 4.69) is 23.6 Å². The van der Waals surface area contributed by atoms with Gasteiger partial charge < -0.3 is 9.80 Å². The van der Waals surface area contributed by atoms with Crippen molar-refractivity contribution in [1.29, 1.82) is 0 Å². The van der Waals surface area contributed by atoms with Gasteiger partial charge in [-0.2, -0.15) is 5.10 Å². The molecule has 2 heterocycles. The summed E-state index contributed by atoms with van der Waals surface area (Å²) in [5, 5.41) is 7.66. The molecule has 2 aromatic rings. The number of nitrogens with zero attached hydrogens (tertiary/aromatic N) is 5. The second-order valence-electron chi connectivity index (χ2n) is 9.16. The van der Waals surface area contributed by atoms with Gasteiger partial charge in [-0.3, -0.25) is 14.6 Å². The molecule has 188 valence electrons. The minimum Gasteiger partial charge on any atom is -0.334 e. The lowest BCUT2D eigenvalue weighted by atomic mass is 9.95. The lowest BCUT2D eigenvalue weighted by molar-refractivity contribution is -0.131. The first-order valence-corrected chi connectivity index (χ1v) is 12.6. The molecule has 1 saturated heterocycles. The van der Waals surface area contributed by atoms with Crippen LogP contribution in [0.25, 0.3) is 0 Å². The summed E-state index contributed by atoms with van der Waals surface area (Å²) in [7, 11) is 0. The molecule has 2 aliphatic heterocycles. The zero-order valence-electron chi connectivity index (χ0n) is 20.4. The molecule has 2 atom stereocenters. The van der Waals surface area contributed by atoms with E-state index in [0.29, 0.717) is 41.8 Å². The zero-order chi connectivity index (χ0) is 25.9. The molecule has 0 radical (unpaired) electrons. The smallest absolute Gasteiger partial charge is 0.294 e. The van der Waals surface area contributed by atoms with Crippen LogP contribution in [0, 0.1) is 0 Å². The van der Waals surface area contributed by atoms with E-state index in [1.54, 1.807) is 46.4 Å².